The maximum atomic E-state index is 12.9. The third-order valence-electron chi connectivity index (χ3n) is 4.84. The molecule has 166 valence electrons. The Morgan fingerprint density at radius 2 is 1.74 bits per heavy atom. The lowest BCUT2D eigenvalue weighted by atomic mass is 10.2. The zero-order valence-corrected chi connectivity index (χ0v) is 18.2. The highest BCUT2D eigenvalue weighted by molar-refractivity contribution is 7.89. The smallest absolute Gasteiger partial charge is 0.338 e. The molecule has 0 unspecified atom stereocenters. The average molecular weight is 469 g/mol. The Balaban J connectivity index is 1.60. The Kier molecular flexibility index (Phi) is 7.64. The minimum Gasteiger partial charge on any atom is -0.452 e. The van der Waals surface area contributed by atoms with E-state index >= 15 is 0 Å². The van der Waals surface area contributed by atoms with Gasteiger partial charge >= 0.3 is 5.97 Å². The van der Waals surface area contributed by atoms with Crippen LogP contribution in [0.3, 0.4) is 0 Å². The van der Waals surface area contributed by atoms with Gasteiger partial charge in [0.05, 0.1) is 10.6 Å². The number of sulfonamides is 1. The Morgan fingerprint density at radius 3 is 2.42 bits per heavy atom. The summed E-state index contributed by atoms with van der Waals surface area (Å²) in [5, 5.41) is 2.56. The van der Waals surface area contributed by atoms with Gasteiger partial charge in [-0.1, -0.05) is 30.2 Å². The largest absolute Gasteiger partial charge is 0.452 e. The fourth-order valence-electron chi connectivity index (χ4n) is 3.14. The van der Waals surface area contributed by atoms with E-state index in [-0.39, 0.29) is 27.8 Å². The van der Waals surface area contributed by atoms with Crippen LogP contribution in [0.15, 0.2) is 47.4 Å². The lowest BCUT2D eigenvalue weighted by Crippen LogP contribution is -2.35. The maximum Gasteiger partial charge on any atom is 0.338 e. The third-order valence-corrected chi connectivity index (χ3v) is 7.22. The summed E-state index contributed by atoms with van der Waals surface area (Å²) in [6, 6.07) is 9.44. The van der Waals surface area contributed by atoms with Gasteiger partial charge in [-0.05, 0) is 48.7 Å². The Labute approximate surface area is 185 Å². The topological polar surface area (TPSA) is 92.8 Å². The van der Waals surface area contributed by atoms with Gasteiger partial charge in [-0.25, -0.2) is 17.6 Å². The highest BCUT2D eigenvalue weighted by atomic mass is 35.5. The van der Waals surface area contributed by atoms with Gasteiger partial charge in [0.15, 0.2) is 6.61 Å². The van der Waals surface area contributed by atoms with Crippen LogP contribution in [0.5, 0.6) is 0 Å². The fraction of sp³-hybridized carbons (Fsp3) is 0.333. The molecule has 1 aliphatic rings. The van der Waals surface area contributed by atoms with Crippen LogP contribution in [-0.2, 0) is 26.1 Å². The van der Waals surface area contributed by atoms with Crippen LogP contribution in [0.1, 0.15) is 35.2 Å². The van der Waals surface area contributed by atoms with Gasteiger partial charge in [-0.15, -0.1) is 0 Å². The number of carbonyl (C=O) groups is 2. The van der Waals surface area contributed by atoms with Crippen LogP contribution >= 0.6 is 11.6 Å². The van der Waals surface area contributed by atoms with Crippen molar-refractivity contribution in [3.63, 3.8) is 0 Å². The molecule has 0 aliphatic carbocycles. The van der Waals surface area contributed by atoms with Gasteiger partial charge in [0.1, 0.15) is 10.7 Å². The van der Waals surface area contributed by atoms with Gasteiger partial charge in [-0.3, -0.25) is 4.79 Å². The predicted octanol–water partition coefficient (Wildman–Crippen LogP) is 3.13. The van der Waals surface area contributed by atoms with Gasteiger partial charge in [0.2, 0.25) is 10.0 Å². The van der Waals surface area contributed by atoms with E-state index in [9.17, 15) is 22.4 Å². The predicted molar refractivity (Wildman–Crippen MR) is 113 cm³/mol. The maximum absolute atomic E-state index is 12.9. The first kappa shape index (κ1) is 23.2. The number of hydrogen-bond donors (Lipinski definition) is 1. The molecule has 10 heteroatoms. The van der Waals surface area contributed by atoms with Crippen LogP contribution in [-0.4, -0.2) is 44.3 Å². The molecule has 1 amide bonds. The Morgan fingerprint density at radius 1 is 1.06 bits per heavy atom. The number of esters is 1. The van der Waals surface area contributed by atoms with E-state index in [2.05, 4.69) is 5.32 Å². The molecule has 31 heavy (non-hydrogen) atoms. The number of rotatable bonds is 7. The monoisotopic (exact) mass is 468 g/mol. The normalized spacial score (nSPS) is 14.8. The van der Waals surface area contributed by atoms with Crippen molar-refractivity contribution in [2.24, 2.45) is 0 Å². The number of ether oxygens (including phenoxy) is 1. The van der Waals surface area contributed by atoms with Crippen molar-refractivity contribution in [1.82, 2.24) is 9.62 Å². The van der Waals surface area contributed by atoms with E-state index in [1.807, 2.05) is 0 Å². The molecule has 0 atom stereocenters. The summed E-state index contributed by atoms with van der Waals surface area (Å²) in [5.74, 6) is -1.77. The molecular formula is C21H22ClFN2O5S. The van der Waals surface area contributed by atoms with E-state index in [0.717, 1.165) is 19.3 Å². The highest BCUT2D eigenvalue weighted by Gasteiger charge is 2.29. The summed E-state index contributed by atoms with van der Waals surface area (Å²) in [6.07, 6.45) is 2.51. The first-order chi connectivity index (χ1) is 14.8. The summed E-state index contributed by atoms with van der Waals surface area (Å²) in [4.78, 5) is 24.1. The van der Waals surface area contributed by atoms with Crippen molar-refractivity contribution in [3.05, 3.63) is 64.4 Å². The SMILES string of the molecule is O=C(COC(=O)c1ccc(Cl)c(S(=O)(=O)N2CCCCC2)c1)NCc1ccc(F)cc1. The summed E-state index contributed by atoms with van der Waals surface area (Å²) in [6.45, 7) is 0.413. The number of halogens is 2. The summed E-state index contributed by atoms with van der Waals surface area (Å²) >= 11 is 6.10. The molecule has 7 nitrogen and oxygen atoms in total. The Bertz CT molecular complexity index is 1050. The first-order valence-corrected chi connectivity index (χ1v) is 11.6. The highest BCUT2D eigenvalue weighted by Crippen LogP contribution is 2.28. The molecule has 1 fully saturated rings. The zero-order valence-electron chi connectivity index (χ0n) is 16.6. The fourth-order valence-corrected chi connectivity index (χ4v) is 5.16. The minimum atomic E-state index is -3.83. The summed E-state index contributed by atoms with van der Waals surface area (Å²) in [7, 11) is -3.83. The van der Waals surface area contributed by atoms with Crippen molar-refractivity contribution in [2.45, 2.75) is 30.7 Å². The van der Waals surface area contributed by atoms with Crippen LogP contribution < -0.4 is 5.32 Å². The quantitative estimate of drug-likeness (QED) is 0.630. The molecule has 0 aromatic heterocycles. The van der Waals surface area contributed by atoms with Gasteiger partial charge in [0, 0.05) is 19.6 Å². The van der Waals surface area contributed by atoms with Crippen molar-refractivity contribution in [3.8, 4) is 0 Å². The minimum absolute atomic E-state index is 0.0131. The zero-order chi connectivity index (χ0) is 22.4. The molecule has 3 rings (SSSR count). The molecule has 1 aliphatic heterocycles. The molecule has 0 radical (unpaired) electrons. The lowest BCUT2D eigenvalue weighted by molar-refractivity contribution is -0.124. The second-order valence-corrected chi connectivity index (χ2v) is 9.40. The Hall–Kier alpha value is -2.49. The second kappa shape index (κ2) is 10.2. The van der Waals surface area contributed by atoms with E-state index in [4.69, 9.17) is 16.3 Å². The van der Waals surface area contributed by atoms with Crippen molar-refractivity contribution in [1.29, 1.82) is 0 Å². The number of benzene rings is 2. The number of amides is 1. The molecule has 0 bridgehead atoms. The van der Waals surface area contributed by atoms with Crippen LogP contribution in [0.25, 0.3) is 0 Å². The van der Waals surface area contributed by atoms with Crippen LogP contribution in [0.2, 0.25) is 5.02 Å². The van der Waals surface area contributed by atoms with Crippen molar-refractivity contribution in [2.75, 3.05) is 19.7 Å². The number of nitrogens with one attached hydrogen (secondary N) is 1. The van der Waals surface area contributed by atoms with Crippen LogP contribution in [0.4, 0.5) is 4.39 Å². The number of nitrogens with zero attached hydrogens (tertiary/aromatic N) is 1. The number of hydrogen-bond acceptors (Lipinski definition) is 5. The van der Waals surface area contributed by atoms with Gasteiger partial charge in [0.25, 0.3) is 5.91 Å². The summed E-state index contributed by atoms with van der Waals surface area (Å²) in [5.41, 5.74) is 0.664. The van der Waals surface area contributed by atoms with E-state index in [1.165, 1.54) is 46.8 Å². The van der Waals surface area contributed by atoms with Crippen molar-refractivity contribution >= 4 is 33.5 Å². The summed E-state index contributed by atoms with van der Waals surface area (Å²) < 4.78 is 45.0. The molecular weight excluding hydrogens is 447 g/mol. The molecule has 0 saturated carbocycles. The number of carbonyl (C=O) groups excluding carboxylic acids is 2. The molecule has 2 aromatic carbocycles. The number of piperidine rings is 1. The van der Waals surface area contributed by atoms with Gasteiger partial charge in [-0.2, -0.15) is 4.31 Å². The molecule has 1 N–H and O–H groups in total. The second-order valence-electron chi connectivity index (χ2n) is 7.09. The standard InChI is InChI=1S/C21H22ClFN2O5S/c22-18-9-6-16(12-19(18)31(28,29)25-10-2-1-3-11-25)21(27)30-14-20(26)24-13-15-4-7-17(23)8-5-15/h4-9,12H,1-3,10-11,13-14H2,(H,24,26). The van der Waals surface area contributed by atoms with Crippen LogP contribution in [0, 0.1) is 5.82 Å². The molecule has 2 aromatic rings. The lowest BCUT2D eigenvalue weighted by Gasteiger charge is -2.26. The third kappa shape index (κ3) is 6.03. The van der Waals surface area contributed by atoms with Crippen molar-refractivity contribution < 1.29 is 27.1 Å². The van der Waals surface area contributed by atoms with Gasteiger partial charge < -0.3 is 10.1 Å². The van der Waals surface area contributed by atoms with E-state index in [0.29, 0.717) is 18.7 Å². The molecule has 1 heterocycles. The molecule has 1 saturated heterocycles. The van der Waals surface area contributed by atoms with E-state index < -0.39 is 28.5 Å². The first-order valence-electron chi connectivity index (χ1n) is 9.75. The molecule has 0 spiro atoms. The van der Waals surface area contributed by atoms with E-state index in [1.54, 1.807) is 0 Å². The average Bonchev–Trinajstić information content (AvgIpc) is 2.78.